The Bertz CT molecular complexity index is 971. The fourth-order valence-corrected chi connectivity index (χ4v) is 2.87. The van der Waals surface area contributed by atoms with Crippen LogP contribution in [0.5, 0.6) is 5.75 Å². The molecule has 5 nitrogen and oxygen atoms in total. The highest BCUT2D eigenvalue weighted by Crippen LogP contribution is 2.22. The van der Waals surface area contributed by atoms with Crippen LogP contribution in [0.1, 0.15) is 37.8 Å². The van der Waals surface area contributed by atoms with Gasteiger partial charge in [-0.25, -0.2) is 9.19 Å². The molecular formula is C22H24N2O3S. The molecular weight excluding hydrogens is 372 g/mol. The first kappa shape index (κ1) is 20.0. The molecule has 6 heteroatoms. The molecule has 0 aliphatic carbocycles. The third-order valence-electron chi connectivity index (χ3n) is 3.99. The Kier molecular flexibility index (Phi) is 6.09. The van der Waals surface area contributed by atoms with Crippen LogP contribution >= 0.6 is 0 Å². The first-order chi connectivity index (χ1) is 13.3. The van der Waals surface area contributed by atoms with Crippen molar-refractivity contribution in [1.29, 1.82) is 0 Å². The Labute approximate surface area is 168 Å². The fraction of sp³-hybridized carbons (Fsp3) is 0.273. The van der Waals surface area contributed by atoms with E-state index in [4.69, 9.17) is 9.15 Å². The highest BCUT2D eigenvalue weighted by molar-refractivity contribution is 7.85. The van der Waals surface area contributed by atoms with Gasteiger partial charge in [-0.05, 0) is 69.7 Å². The zero-order valence-corrected chi connectivity index (χ0v) is 17.3. The second-order valence-electron chi connectivity index (χ2n) is 7.34. The van der Waals surface area contributed by atoms with Crippen molar-refractivity contribution in [2.75, 3.05) is 0 Å². The molecule has 1 atom stereocenters. The lowest BCUT2D eigenvalue weighted by Crippen LogP contribution is -2.19. The SMILES string of the molecule is Cc1oc(-c2ccccc2)nc1COc1ccc(C=N[S@@](=O)C(C)(C)C)cc1. The summed E-state index contributed by atoms with van der Waals surface area (Å²) in [7, 11) is -1.27. The number of oxazole rings is 1. The summed E-state index contributed by atoms with van der Waals surface area (Å²) in [4.78, 5) is 4.54. The zero-order valence-electron chi connectivity index (χ0n) is 16.5. The van der Waals surface area contributed by atoms with Crippen molar-refractivity contribution in [2.24, 2.45) is 4.40 Å². The quantitative estimate of drug-likeness (QED) is 0.543. The Hall–Kier alpha value is -2.73. The molecule has 0 saturated heterocycles. The van der Waals surface area contributed by atoms with Gasteiger partial charge in [0.25, 0.3) is 0 Å². The highest BCUT2D eigenvalue weighted by atomic mass is 32.2. The van der Waals surface area contributed by atoms with E-state index < -0.39 is 11.0 Å². The van der Waals surface area contributed by atoms with E-state index in [2.05, 4.69) is 9.38 Å². The van der Waals surface area contributed by atoms with E-state index in [1.165, 1.54) is 0 Å². The summed E-state index contributed by atoms with van der Waals surface area (Å²) in [5.41, 5.74) is 2.58. The number of aromatic nitrogens is 1. The molecule has 3 aromatic rings. The molecule has 28 heavy (non-hydrogen) atoms. The number of hydrogen-bond acceptors (Lipinski definition) is 4. The molecule has 1 heterocycles. The molecule has 146 valence electrons. The fourth-order valence-electron chi connectivity index (χ4n) is 2.33. The van der Waals surface area contributed by atoms with Crippen molar-refractivity contribution >= 4 is 17.2 Å². The first-order valence-electron chi connectivity index (χ1n) is 9.03. The van der Waals surface area contributed by atoms with Gasteiger partial charge in [-0.1, -0.05) is 18.2 Å². The Morgan fingerprint density at radius 3 is 2.43 bits per heavy atom. The molecule has 0 bridgehead atoms. The molecule has 0 aliphatic rings. The number of hydrogen-bond donors (Lipinski definition) is 0. The average molecular weight is 397 g/mol. The summed E-state index contributed by atoms with van der Waals surface area (Å²) in [6, 6.07) is 17.3. The van der Waals surface area contributed by atoms with Gasteiger partial charge in [-0.3, -0.25) is 0 Å². The lowest BCUT2D eigenvalue weighted by Gasteiger charge is -2.12. The minimum Gasteiger partial charge on any atom is -0.487 e. The summed E-state index contributed by atoms with van der Waals surface area (Å²) < 4.78 is 27.3. The minimum absolute atomic E-state index is 0.323. The zero-order chi connectivity index (χ0) is 20.1. The maximum Gasteiger partial charge on any atom is 0.226 e. The normalized spacial score (nSPS) is 13.0. The summed E-state index contributed by atoms with van der Waals surface area (Å²) in [6.45, 7) is 7.89. The van der Waals surface area contributed by atoms with Gasteiger partial charge in [0.05, 0.1) is 4.75 Å². The van der Waals surface area contributed by atoms with Crippen LogP contribution in [0.15, 0.2) is 63.4 Å². The summed E-state index contributed by atoms with van der Waals surface area (Å²) >= 11 is 0. The lowest BCUT2D eigenvalue weighted by atomic mass is 10.2. The summed E-state index contributed by atoms with van der Waals surface area (Å²) in [6.07, 6.45) is 1.62. The summed E-state index contributed by atoms with van der Waals surface area (Å²) in [5.74, 6) is 2.06. The topological polar surface area (TPSA) is 64.7 Å². The number of benzene rings is 2. The molecule has 0 N–H and O–H groups in total. The van der Waals surface area contributed by atoms with Crippen LogP contribution in [-0.2, 0) is 17.6 Å². The van der Waals surface area contributed by atoms with E-state index in [1.807, 2.05) is 82.3 Å². The molecule has 3 rings (SSSR count). The Balaban J connectivity index is 1.62. The first-order valence-corrected chi connectivity index (χ1v) is 10.1. The smallest absolute Gasteiger partial charge is 0.226 e. The Morgan fingerprint density at radius 2 is 1.79 bits per heavy atom. The van der Waals surface area contributed by atoms with Crippen molar-refractivity contribution in [2.45, 2.75) is 39.0 Å². The highest BCUT2D eigenvalue weighted by Gasteiger charge is 2.18. The van der Waals surface area contributed by atoms with E-state index in [9.17, 15) is 4.21 Å². The van der Waals surface area contributed by atoms with Crippen molar-refractivity contribution in [3.05, 3.63) is 71.6 Å². The van der Waals surface area contributed by atoms with Crippen LogP contribution in [0.2, 0.25) is 0 Å². The van der Waals surface area contributed by atoms with E-state index in [-0.39, 0.29) is 4.75 Å². The average Bonchev–Trinajstić information content (AvgIpc) is 3.06. The number of ether oxygens (including phenoxy) is 1. The van der Waals surface area contributed by atoms with E-state index in [0.717, 1.165) is 28.3 Å². The van der Waals surface area contributed by atoms with Crippen LogP contribution in [0.4, 0.5) is 0 Å². The van der Waals surface area contributed by atoms with Gasteiger partial charge in [0.1, 0.15) is 34.8 Å². The molecule has 0 fully saturated rings. The van der Waals surface area contributed by atoms with Crippen molar-refractivity contribution in [3.63, 3.8) is 0 Å². The molecule has 0 unspecified atom stereocenters. The van der Waals surface area contributed by atoms with Gasteiger partial charge >= 0.3 is 0 Å². The van der Waals surface area contributed by atoms with E-state index >= 15 is 0 Å². The standard InChI is InChI=1S/C22H24N2O3S/c1-16-20(24-21(27-16)18-8-6-5-7-9-18)15-26-19-12-10-17(11-13-19)14-23-28(25)22(2,3)4/h5-14H,15H2,1-4H3/t28-/m0/s1. The van der Waals surface area contributed by atoms with Crippen molar-refractivity contribution in [3.8, 4) is 17.2 Å². The third-order valence-corrected chi connectivity index (χ3v) is 5.34. The van der Waals surface area contributed by atoms with Crippen LogP contribution in [0.3, 0.4) is 0 Å². The van der Waals surface area contributed by atoms with Gasteiger partial charge < -0.3 is 9.15 Å². The number of rotatable bonds is 6. The maximum absolute atomic E-state index is 12.0. The predicted molar refractivity (Wildman–Crippen MR) is 113 cm³/mol. The van der Waals surface area contributed by atoms with Crippen LogP contribution in [-0.4, -0.2) is 20.2 Å². The molecule has 0 saturated carbocycles. The monoisotopic (exact) mass is 396 g/mol. The van der Waals surface area contributed by atoms with E-state index in [0.29, 0.717) is 12.5 Å². The molecule has 0 aliphatic heterocycles. The van der Waals surface area contributed by atoms with Crippen LogP contribution in [0.25, 0.3) is 11.5 Å². The van der Waals surface area contributed by atoms with Gasteiger partial charge in [0, 0.05) is 11.8 Å². The second-order valence-corrected chi connectivity index (χ2v) is 9.28. The van der Waals surface area contributed by atoms with Crippen molar-refractivity contribution in [1.82, 2.24) is 4.98 Å². The molecule has 0 radical (unpaired) electrons. The van der Waals surface area contributed by atoms with Gasteiger partial charge in [-0.15, -0.1) is 0 Å². The largest absolute Gasteiger partial charge is 0.487 e. The van der Waals surface area contributed by atoms with Gasteiger partial charge in [-0.2, -0.15) is 4.40 Å². The van der Waals surface area contributed by atoms with Crippen LogP contribution < -0.4 is 4.74 Å². The van der Waals surface area contributed by atoms with Crippen molar-refractivity contribution < 1.29 is 13.4 Å². The van der Waals surface area contributed by atoms with Crippen LogP contribution in [0, 0.1) is 6.92 Å². The molecule has 2 aromatic carbocycles. The lowest BCUT2D eigenvalue weighted by molar-refractivity contribution is 0.299. The number of aryl methyl sites for hydroxylation is 1. The minimum atomic E-state index is -1.27. The Morgan fingerprint density at radius 1 is 1.11 bits per heavy atom. The van der Waals surface area contributed by atoms with E-state index in [1.54, 1.807) is 6.21 Å². The predicted octanol–water partition coefficient (Wildman–Crippen LogP) is 5.11. The third kappa shape index (κ3) is 5.16. The van der Waals surface area contributed by atoms with Gasteiger partial charge in [0.2, 0.25) is 5.89 Å². The molecule has 1 aromatic heterocycles. The maximum atomic E-state index is 12.0. The summed E-state index contributed by atoms with van der Waals surface area (Å²) in [5, 5.41) is 0. The number of nitrogens with zero attached hydrogens (tertiary/aromatic N) is 2. The molecule has 0 amide bonds. The second kappa shape index (κ2) is 8.52. The van der Waals surface area contributed by atoms with Gasteiger partial charge in [0.15, 0.2) is 0 Å². The molecule has 0 spiro atoms.